The lowest BCUT2D eigenvalue weighted by Crippen LogP contribution is -2.30. The fraction of sp³-hybridized carbons (Fsp3) is 0.318. The highest BCUT2D eigenvalue weighted by molar-refractivity contribution is 8.00. The zero-order valence-corrected chi connectivity index (χ0v) is 19.7. The normalized spacial score (nSPS) is 12.4. The van der Waals surface area contributed by atoms with Crippen molar-refractivity contribution in [3.8, 4) is 5.75 Å². The van der Waals surface area contributed by atoms with Gasteiger partial charge < -0.3 is 4.74 Å². The van der Waals surface area contributed by atoms with Crippen molar-refractivity contribution in [2.24, 2.45) is 0 Å². The average Bonchev–Trinajstić information content (AvgIpc) is 3.14. The van der Waals surface area contributed by atoms with Crippen molar-refractivity contribution in [3.63, 3.8) is 0 Å². The molecule has 0 radical (unpaired) electrons. The zero-order chi connectivity index (χ0) is 21.7. The lowest BCUT2D eigenvalue weighted by Gasteiger charge is -2.20. The lowest BCUT2D eigenvalue weighted by atomic mass is 9.87. The van der Waals surface area contributed by atoms with Crippen LogP contribution >= 0.6 is 34.7 Å². The van der Waals surface area contributed by atoms with Crippen molar-refractivity contribution < 1.29 is 9.53 Å². The summed E-state index contributed by atoms with van der Waals surface area (Å²) in [5, 5.41) is 12.1. The van der Waals surface area contributed by atoms with Crippen molar-refractivity contribution in [2.45, 2.75) is 49.3 Å². The Morgan fingerprint density at radius 3 is 2.43 bits per heavy atom. The van der Waals surface area contributed by atoms with Gasteiger partial charge >= 0.3 is 0 Å². The molecule has 30 heavy (non-hydrogen) atoms. The molecular weight excluding hydrogens is 438 g/mol. The number of carbonyl (C=O) groups excluding carboxylic acids is 1. The zero-order valence-electron chi connectivity index (χ0n) is 17.3. The van der Waals surface area contributed by atoms with E-state index < -0.39 is 6.10 Å². The van der Waals surface area contributed by atoms with E-state index in [1.54, 1.807) is 18.7 Å². The number of anilines is 1. The highest BCUT2D eigenvalue weighted by atomic mass is 35.5. The topological polar surface area (TPSA) is 64.1 Å². The van der Waals surface area contributed by atoms with Crippen LogP contribution in [0.1, 0.15) is 38.8 Å². The number of amides is 1. The summed E-state index contributed by atoms with van der Waals surface area (Å²) in [6.45, 7) is 8.18. The summed E-state index contributed by atoms with van der Waals surface area (Å²) in [5.41, 5.74) is 2.43. The first-order valence-electron chi connectivity index (χ1n) is 9.49. The Bertz CT molecular complexity index is 983. The lowest BCUT2D eigenvalue weighted by molar-refractivity contribution is -0.122. The summed E-state index contributed by atoms with van der Waals surface area (Å²) in [6, 6.07) is 15.5. The molecule has 158 valence electrons. The molecular formula is C22H24ClN3O2S2. The maximum Gasteiger partial charge on any atom is 0.266 e. The monoisotopic (exact) mass is 461 g/mol. The van der Waals surface area contributed by atoms with Crippen molar-refractivity contribution in [3.05, 3.63) is 64.7 Å². The smallest absolute Gasteiger partial charge is 0.266 e. The number of hydrogen-bond acceptors (Lipinski definition) is 6. The number of hydrogen-bond donors (Lipinski definition) is 1. The van der Waals surface area contributed by atoms with Gasteiger partial charge in [0.2, 0.25) is 5.13 Å². The summed E-state index contributed by atoms with van der Waals surface area (Å²) in [4.78, 5) is 12.4. The van der Waals surface area contributed by atoms with Crippen LogP contribution in [-0.2, 0) is 16.0 Å². The number of thioether (sulfide) groups is 1. The summed E-state index contributed by atoms with van der Waals surface area (Å²) in [7, 11) is 0. The summed E-state index contributed by atoms with van der Waals surface area (Å²) in [5.74, 6) is 1.14. The molecule has 0 spiro atoms. The van der Waals surface area contributed by atoms with Crippen LogP contribution in [0.4, 0.5) is 5.13 Å². The molecule has 1 aromatic heterocycles. The Morgan fingerprint density at radius 1 is 1.13 bits per heavy atom. The van der Waals surface area contributed by atoms with Crippen LogP contribution in [0, 0.1) is 0 Å². The van der Waals surface area contributed by atoms with Crippen molar-refractivity contribution in [1.29, 1.82) is 0 Å². The molecule has 0 saturated heterocycles. The first-order valence-corrected chi connectivity index (χ1v) is 11.7. The van der Waals surface area contributed by atoms with E-state index in [0.29, 0.717) is 15.9 Å². The van der Waals surface area contributed by atoms with Gasteiger partial charge in [-0.2, -0.15) is 0 Å². The van der Waals surface area contributed by atoms with Crippen LogP contribution in [0.25, 0.3) is 0 Å². The molecule has 3 rings (SSSR count). The second-order valence-electron chi connectivity index (χ2n) is 7.81. The molecule has 8 heteroatoms. The number of aromatic nitrogens is 2. The number of carbonyl (C=O) groups is 1. The Labute approximate surface area is 190 Å². The summed E-state index contributed by atoms with van der Waals surface area (Å²) in [6.07, 6.45) is -0.653. The van der Waals surface area contributed by atoms with E-state index in [1.165, 1.54) is 16.9 Å². The molecule has 0 aliphatic carbocycles. The molecule has 1 heterocycles. The predicted molar refractivity (Wildman–Crippen MR) is 125 cm³/mol. The van der Waals surface area contributed by atoms with Crippen LogP contribution in [0.5, 0.6) is 5.75 Å². The van der Waals surface area contributed by atoms with Crippen LogP contribution < -0.4 is 10.1 Å². The van der Waals surface area contributed by atoms with Crippen LogP contribution in [0.15, 0.2) is 52.9 Å². The van der Waals surface area contributed by atoms with Gasteiger partial charge in [0.05, 0.1) is 0 Å². The molecule has 2 aromatic carbocycles. The highest BCUT2D eigenvalue weighted by Gasteiger charge is 2.18. The van der Waals surface area contributed by atoms with Crippen LogP contribution in [0.2, 0.25) is 5.02 Å². The maximum atomic E-state index is 12.4. The number of halogens is 1. The van der Waals surface area contributed by atoms with Gasteiger partial charge in [-0.05, 0) is 47.7 Å². The third-order valence-electron chi connectivity index (χ3n) is 4.31. The second-order valence-corrected chi connectivity index (χ2v) is 10.4. The third kappa shape index (κ3) is 6.45. The average molecular weight is 462 g/mol. The largest absolute Gasteiger partial charge is 0.481 e. The van der Waals surface area contributed by atoms with Crippen molar-refractivity contribution in [2.75, 3.05) is 5.32 Å². The van der Waals surface area contributed by atoms with Gasteiger partial charge in [0.15, 0.2) is 10.4 Å². The standard InChI is InChI=1S/C22H24ClN3O2S2/c1-14(28-18-11-7-16(8-12-18)22(2,3)4)19(27)24-20-25-26-21(30-20)29-13-15-5-9-17(23)10-6-15/h5-12,14H,13H2,1-4H3,(H,24,25,27). The number of nitrogens with one attached hydrogen (secondary N) is 1. The van der Waals surface area contributed by atoms with E-state index in [4.69, 9.17) is 16.3 Å². The minimum Gasteiger partial charge on any atom is -0.481 e. The van der Waals surface area contributed by atoms with Gasteiger partial charge in [-0.25, -0.2) is 0 Å². The molecule has 0 bridgehead atoms. The van der Waals surface area contributed by atoms with E-state index in [0.717, 1.165) is 15.7 Å². The number of benzene rings is 2. The van der Waals surface area contributed by atoms with Crippen molar-refractivity contribution >= 4 is 45.7 Å². The van der Waals surface area contributed by atoms with E-state index in [1.807, 2.05) is 48.5 Å². The number of nitrogens with zero attached hydrogens (tertiary/aromatic N) is 2. The van der Waals surface area contributed by atoms with Crippen molar-refractivity contribution in [1.82, 2.24) is 10.2 Å². The van der Waals surface area contributed by atoms with Crippen LogP contribution in [-0.4, -0.2) is 22.2 Å². The van der Waals surface area contributed by atoms with E-state index in [2.05, 4.69) is 36.3 Å². The Kier molecular flexibility index (Phi) is 7.39. The Morgan fingerprint density at radius 2 is 1.80 bits per heavy atom. The van der Waals surface area contributed by atoms with E-state index in [-0.39, 0.29) is 11.3 Å². The number of ether oxygens (including phenoxy) is 1. The van der Waals surface area contributed by atoms with Gasteiger partial charge in [-0.15, -0.1) is 10.2 Å². The molecule has 0 aliphatic heterocycles. The fourth-order valence-electron chi connectivity index (χ4n) is 2.54. The molecule has 1 amide bonds. The molecule has 3 aromatic rings. The molecule has 0 saturated carbocycles. The quantitative estimate of drug-likeness (QED) is 0.336. The SMILES string of the molecule is CC(Oc1ccc(C(C)(C)C)cc1)C(=O)Nc1nnc(SCc2ccc(Cl)cc2)s1. The van der Waals surface area contributed by atoms with Gasteiger partial charge in [-0.3, -0.25) is 10.1 Å². The minimum atomic E-state index is -0.653. The van der Waals surface area contributed by atoms with Gasteiger partial charge in [0.1, 0.15) is 5.75 Å². The predicted octanol–water partition coefficient (Wildman–Crippen LogP) is 6.19. The second kappa shape index (κ2) is 9.81. The van der Waals surface area contributed by atoms with Crippen LogP contribution in [0.3, 0.4) is 0 Å². The first-order chi connectivity index (χ1) is 14.2. The molecule has 1 unspecified atom stereocenters. The molecule has 1 atom stereocenters. The maximum absolute atomic E-state index is 12.4. The Balaban J connectivity index is 1.51. The first kappa shape index (κ1) is 22.6. The third-order valence-corrected chi connectivity index (χ3v) is 6.61. The molecule has 5 nitrogen and oxygen atoms in total. The number of rotatable bonds is 7. The van der Waals surface area contributed by atoms with Gasteiger partial charge in [-0.1, -0.05) is 79.7 Å². The summed E-state index contributed by atoms with van der Waals surface area (Å²) < 4.78 is 6.55. The molecule has 1 N–H and O–H groups in total. The van der Waals surface area contributed by atoms with Gasteiger partial charge in [0.25, 0.3) is 5.91 Å². The molecule has 0 fully saturated rings. The van der Waals surface area contributed by atoms with Gasteiger partial charge in [0, 0.05) is 10.8 Å². The Hall–Kier alpha value is -2.09. The van der Waals surface area contributed by atoms with E-state index >= 15 is 0 Å². The highest BCUT2D eigenvalue weighted by Crippen LogP contribution is 2.29. The van der Waals surface area contributed by atoms with E-state index in [9.17, 15) is 4.79 Å². The molecule has 0 aliphatic rings. The minimum absolute atomic E-state index is 0.0721. The fourth-order valence-corrected chi connectivity index (χ4v) is 4.38. The summed E-state index contributed by atoms with van der Waals surface area (Å²) >= 11 is 8.80.